The van der Waals surface area contributed by atoms with Gasteiger partial charge in [0.2, 0.25) is 5.89 Å². The molecule has 0 saturated carbocycles. The first-order chi connectivity index (χ1) is 9.33. The van der Waals surface area contributed by atoms with Crippen LogP contribution in [0, 0.1) is 0 Å². The summed E-state index contributed by atoms with van der Waals surface area (Å²) >= 11 is 1.49. The highest BCUT2D eigenvalue weighted by Gasteiger charge is 2.17. The van der Waals surface area contributed by atoms with Crippen LogP contribution in [0.1, 0.15) is 0 Å². The average molecular weight is 267 g/mol. The van der Waals surface area contributed by atoms with Crippen molar-refractivity contribution in [2.75, 3.05) is 0 Å². The van der Waals surface area contributed by atoms with Crippen LogP contribution in [0.5, 0.6) is 5.75 Å². The summed E-state index contributed by atoms with van der Waals surface area (Å²) in [6.45, 7) is 0. The van der Waals surface area contributed by atoms with Crippen LogP contribution in [0.4, 0.5) is 0 Å². The molecule has 0 saturated heterocycles. The number of hydrogen-bond donors (Lipinski definition) is 1. The number of hydrogen-bond acceptors (Lipinski definition) is 4. The maximum Gasteiger partial charge on any atom is 0.241 e. The first-order valence-electron chi connectivity index (χ1n) is 5.89. The van der Waals surface area contributed by atoms with Crippen molar-refractivity contribution in [1.82, 2.24) is 4.98 Å². The first kappa shape index (κ1) is 10.6. The van der Waals surface area contributed by atoms with Crippen LogP contribution in [-0.2, 0) is 0 Å². The third kappa shape index (κ3) is 1.54. The summed E-state index contributed by atoms with van der Waals surface area (Å²) in [5.41, 5.74) is 1.53. The van der Waals surface area contributed by atoms with E-state index in [1.165, 1.54) is 11.3 Å². The number of rotatable bonds is 1. The van der Waals surface area contributed by atoms with Gasteiger partial charge in [-0.3, -0.25) is 0 Å². The van der Waals surface area contributed by atoms with Crippen LogP contribution in [-0.4, -0.2) is 10.1 Å². The normalized spacial score (nSPS) is 11.4. The minimum absolute atomic E-state index is 0.243. The summed E-state index contributed by atoms with van der Waals surface area (Å²) in [5.74, 6) is 0.715. The highest BCUT2D eigenvalue weighted by Crippen LogP contribution is 2.43. The van der Waals surface area contributed by atoms with E-state index in [1.807, 2.05) is 48.5 Å². The number of aromatic nitrogens is 1. The van der Waals surface area contributed by atoms with Gasteiger partial charge in [0.1, 0.15) is 16.1 Å². The second kappa shape index (κ2) is 3.83. The Morgan fingerprint density at radius 2 is 1.79 bits per heavy atom. The topological polar surface area (TPSA) is 46.3 Å². The largest absolute Gasteiger partial charge is 0.506 e. The minimum atomic E-state index is 0.243. The van der Waals surface area contributed by atoms with Crippen molar-refractivity contribution in [2.24, 2.45) is 0 Å². The van der Waals surface area contributed by atoms with Crippen LogP contribution < -0.4 is 0 Å². The molecule has 2 aromatic carbocycles. The molecule has 4 aromatic rings. The summed E-state index contributed by atoms with van der Waals surface area (Å²) in [4.78, 5) is 5.10. The van der Waals surface area contributed by atoms with Gasteiger partial charge in [0.15, 0.2) is 5.58 Å². The van der Waals surface area contributed by atoms with Crippen molar-refractivity contribution in [3.05, 3.63) is 48.5 Å². The summed E-state index contributed by atoms with van der Waals surface area (Å²) in [6.07, 6.45) is 0. The van der Waals surface area contributed by atoms with Gasteiger partial charge in [-0.25, -0.2) is 4.98 Å². The summed E-state index contributed by atoms with van der Waals surface area (Å²) in [7, 11) is 0. The van der Waals surface area contributed by atoms with Gasteiger partial charge in [-0.2, -0.15) is 0 Å². The fourth-order valence-corrected chi connectivity index (χ4v) is 3.17. The second-order valence-corrected chi connectivity index (χ2v) is 5.31. The lowest BCUT2D eigenvalue weighted by molar-refractivity contribution is 0.482. The molecule has 2 aromatic heterocycles. The number of fused-ring (bicyclic) bond motifs is 2. The molecule has 0 unspecified atom stereocenters. The molecule has 0 aliphatic rings. The van der Waals surface area contributed by atoms with Crippen LogP contribution in [0.15, 0.2) is 52.9 Å². The summed E-state index contributed by atoms with van der Waals surface area (Å²) in [5, 5.41) is 11.1. The predicted octanol–water partition coefficient (Wildman–Crippen LogP) is 4.42. The van der Waals surface area contributed by atoms with E-state index in [9.17, 15) is 5.11 Å². The third-order valence-corrected chi connectivity index (χ3v) is 4.21. The van der Waals surface area contributed by atoms with Gasteiger partial charge >= 0.3 is 0 Å². The molecule has 0 fully saturated rings. The molecule has 0 amide bonds. The molecule has 92 valence electrons. The number of thiophene rings is 1. The van der Waals surface area contributed by atoms with Gasteiger partial charge in [-0.05, 0) is 24.3 Å². The van der Waals surface area contributed by atoms with Gasteiger partial charge in [-0.15, -0.1) is 11.3 Å². The van der Waals surface area contributed by atoms with Crippen LogP contribution in [0.25, 0.3) is 32.0 Å². The zero-order chi connectivity index (χ0) is 12.8. The number of aromatic hydroxyl groups is 1. The molecule has 0 spiro atoms. The van der Waals surface area contributed by atoms with E-state index in [4.69, 9.17) is 4.42 Å². The number of para-hydroxylation sites is 2. The van der Waals surface area contributed by atoms with Crippen LogP contribution in [0.2, 0.25) is 0 Å². The average Bonchev–Trinajstić information content (AvgIpc) is 3.00. The molecule has 0 radical (unpaired) electrons. The monoisotopic (exact) mass is 267 g/mol. The fraction of sp³-hybridized carbons (Fsp3) is 0. The van der Waals surface area contributed by atoms with E-state index >= 15 is 0 Å². The van der Waals surface area contributed by atoms with Crippen molar-refractivity contribution in [3.8, 4) is 16.5 Å². The number of nitrogens with zero attached hydrogens (tertiary/aromatic N) is 1. The van der Waals surface area contributed by atoms with E-state index < -0.39 is 0 Å². The Morgan fingerprint density at radius 3 is 2.63 bits per heavy atom. The smallest absolute Gasteiger partial charge is 0.241 e. The standard InChI is InChI=1S/C15H9NO2S/c17-13-9-5-1-4-8-12(9)19-14(13)15-16-10-6-2-3-7-11(10)18-15/h1-8,17H. The zero-order valence-electron chi connectivity index (χ0n) is 9.83. The maximum absolute atomic E-state index is 10.3. The van der Waals surface area contributed by atoms with E-state index in [1.54, 1.807) is 0 Å². The Kier molecular flexibility index (Phi) is 2.13. The molecule has 0 aliphatic heterocycles. The van der Waals surface area contributed by atoms with Gasteiger partial charge in [0.05, 0.1) is 0 Å². The van der Waals surface area contributed by atoms with Gasteiger partial charge in [0.25, 0.3) is 0 Å². The predicted molar refractivity (Wildman–Crippen MR) is 76.5 cm³/mol. The molecule has 3 nitrogen and oxygen atoms in total. The zero-order valence-corrected chi connectivity index (χ0v) is 10.6. The SMILES string of the molecule is Oc1c(-c2nc3ccccc3o2)sc2ccccc12. The van der Waals surface area contributed by atoms with Gasteiger partial charge in [-0.1, -0.05) is 24.3 Å². The molecular formula is C15H9NO2S. The molecule has 0 aliphatic carbocycles. The maximum atomic E-state index is 10.3. The highest BCUT2D eigenvalue weighted by atomic mass is 32.1. The minimum Gasteiger partial charge on any atom is -0.506 e. The Morgan fingerprint density at radius 1 is 1.00 bits per heavy atom. The molecule has 0 atom stereocenters. The van der Waals surface area contributed by atoms with Crippen molar-refractivity contribution >= 4 is 32.5 Å². The number of benzene rings is 2. The van der Waals surface area contributed by atoms with E-state index in [-0.39, 0.29) is 5.75 Å². The molecule has 2 heterocycles. The van der Waals surface area contributed by atoms with Crippen molar-refractivity contribution < 1.29 is 9.52 Å². The lowest BCUT2D eigenvalue weighted by atomic mass is 10.2. The quantitative estimate of drug-likeness (QED) is 0.555. The van der Waals surface area contributed by atoms with E-state index in [0.29, 0.717) is 10.8 Å². The van der Waals surface area contributed by atoms with E-state index in [0.717, 1.165) is 21.2 Å². The summed E-state index contributed by atoms with van der Waals surface area (Å²) in [6, 6.07) is 15.3. The molecular weight excluding hydrogens is 258 g/mol. The fourth-order valence-electron chi connectivity index (χ4n) is 2.15. The van der Waals surface area contributed by atoms with Crippen molar-refractivity contribution in [3.63, 3.8) is 0 Å². The molecule has 1 N–H and O–H groups in total. The van der Waals surface area contributed by atoms with Crippen molar-refractivity contribution in [1.29, 1.82) is 0 Å². The van der Waals surface area contributed by atoms with Crippen LogP contribution in [0.3, 0.4) is 0 Å². The molecule has 19 heavy (non-hydrogen) atoms. The van der Waals surface area contributed by atoms with Gasteiger partial charge in [0, 0.05) is 10.1 Å². The second-order valence-electron chi connectivity index (χ2n) is 4.26. The van der Waals surface area contributed by atoms with Gasteiger partial charge < -0.3 is 9.52 Å². The number of oxazole rings is 1. The third-order valence-electron chi connectivity index (χ3n) is 3.06. The van der Waals surface area contributed by atoms with Crippen molar-refractivity contribution in [2.45, 2.75) is 0 Å². The first-order valence-corrected chi connectivity index (χ1v) is 6.71. The Bertz CT molecular complexity index is 858. The molecule has 4 rings (SSSR count). The molecule has 0 bridgehead atoms. The lowest BCUT2D eigenvalue weighted by Gasteiger charge is -1.91. The molecule has 4 heteroatoms. The Balaban J connectivity index is 2.01. The lowest BCUT2D eigenvalue weighted by Crippen LogP contribution is -1.71. The Labute approximate surface area is 112 Å². The van der Waals surface area contributed by atoms with E-state index in [2.05, 4.69) is 4.98 Å². The highest BCUT2D eigenvalue weighted by molar-refractivity contribution is 7.22. The summed E-state index contributed by atoms with van der Waals surface area (Å²) < 4.78 is 6.73. The Hall–Kier alpha value is -2.33. The van der Waals surface area contributed by atoms with Crippen LogP contribution >= 0.6 is 11.3 Å².